The molecule has 7 heteroatoms. The molecule has 3 N–H and O–H groups in total. The molecule has 0 saturated carbocycles. The second-order valence-electron chi connectivity index (χ2n) is 5.27. The highest BCUT2D eigenvalue weighted by atomic mass is 16.6. The smallest absolute Gasteiger partial charge is 0.358 e. The Hall–Kier alpha value is -1.63. The second kappa shape index (κ2) is 5.34. The van der Waals surface area contributed by atoms with Gasteiger partial charge in [0, 0.05) is 19.1 Å². The van der Waals surface area contributed by atoms with Gasteiger partial charge in [-0.2, -0.15) is 0 Å². The lowest BCUT2D eigenvalue weighted by atomic mass is 9.91. The fourth-order valence-corrected chi connectivity index (χ4v) is 2.07. The minimum atomic E-state index is -0.491. The number of nitrogens with zero attached hydrogens (tertiary/aromatic N) is 3. The molecule has 102 valence electrons. The van der Waals surface area contributed by atoms with Crippen molar-refractivity contribution in [1.29, 1.82) is 0 Å². The predicted octanol–water partition coefficient (Wildman–Crippen LogP) is 1.50. The first-order valence-corrected chi connectivity index (χ1v) is 5.93. The van der Waals surface area contributed by atoms with Crippen molar-refractivity contribution in [2.24, 2.45) is 18.7 Å². The van der Waals surface area contributed by atoms with Crippen LogP contribution in [0.25, 0.3) is 0 Å². The Labute approximate surface area is 107 Å². The summed E-state index contributed by atoms with van der Waals surface area (Å²) in [6, 6.07) is 0. The van der Waals surface area contributed by atoms with E-state index in [1.807, 2.05) is 6.92 Å². The molecule has 1 aromatic heterocycles. The lowest BCUT2D eigenvalue weighted by Crippen LogP contribution is -2.44. The van der Waals surface area contributed by atoms with E-state index in [-0.39, 0.29) is 11.4 Å². The van der Waals surface area contributed by atoms with E-state index in [0.29, 0.717) is 18.3 Å². The van der Waals surface area contributed by atoms with Gasteiger partial charge in [-0.1, -0.05) is 13.8 Å². The van der Waals surface area contributed by atoms with Gasteiger partial charge in [-0.05, 0) is 29.2 Å². The van der Waals surface area contributed by atoms with E-state index in [4.69, 9.17) is 5.73 Å². The van der Waals surface area contributed by atoms with Crippen molar-refractivity contribution < 1.29 is 4.92 Å². The van der Waals surface area contributed by atoms with Crippen molar-refractivity contribution in [3.05, 3.63) is 16.4 Å². The van der Waals surface area contributed by atoms with E-state index in [1.54, 1.807) is 11.6 Å². The predicted molar refractivity (Wildman–Crippen MR) is 70.4 cm³/mol. The molecule has 1 unspecified atom stereocenters. The highest BCUT2D eigenvalue weighted by molar-refractivity contribution is 5.53. The SMILES string of the molecule is CC(C)CC(C)(CN)Nc1c([N+](=O)[O-])ncn1C. The van der Waals surface area contributed by atoms with Gasteiger partial charge in [0.1, 0.15) is 0 Å². The number of hydrogen-bond acceptors (Lipinski definition) is 5. The van der Waals surface area contributed by atoms with Crippen LogP contribution in [0.15, 0.2) is 6.33 Å². The fourth-order valence-electron chi connectivity index (χ4n) is 2.07. The third-order valence-electron chi connectivity index (χ3n) is 2.82. The molecule has 7 nitrogen and oxygen atoms in total. The summed E-state index contributed by atoms with van der Waals surface area (Å²) in [6.07, 6.45) is 2.25. The Bertz CT molecular complexity index is 429. The number of anilines is 1. The van der Waals surface area contributed by atoms with Crippen LogP contribution in [-0.4, -0.2) is 26.6 Å². The summed E-state index contributed by atoms with van der Waals surface area (Å²) >= 11 is 0. The summed E-state index contributed by atoms with van der Waals surface area (Å²) < 4.78 is 1.60. The minimum absolute atomic E-state index is 0.166. The second-order valence-corrected chi connectivity index (χ2v) is 5.27. The Morgan fingerprint density at radius 3 is 2.72 bits per heavy atom. The minimum Gasteiger partial charge on any atom is -0.358 e. The van der Waals surface area contributed by atoms with Crippen LogP contribution >= 0.6 is 0 Å². The van der Waals surface area contributed by atoms with Crippen LogP contribution in [0, 0.1) is 16.0 Å². The van der Waals surface area contributed by atoms with Gasteiger partial charge in [-0.15, -0.1) is 0 Å². The lowest BCUT2D eigenvalue weighted by Gasteiger charge is -2.31. The summed E-state index contributed by atoms with van der Waals surface area (Å²) in [5.74, 6) is 0.674. The number of nitrogens with one attached hydrogen (secondary N) is 1. The maximum atomic E-state index is 10.9. The van der Waals surface area contributed by atoms with E-state index in [2.05, 4.69) is 24.1 Å². The van der Waals surface area contributed by atoms with Crippen molar-refractivity contribution in [3.63, 3.8) is 0 Å². The normalized spacial score (nSPS) is 14.6. The molecule has 1 aromatic rings. The molecule has 0 aromatic carbocycles. The highest BCUT2D eigenvalue weighted by Gasteiger charge is 2.29. The van der Waals surface area contributed by atoms with Gasteiger partial charge in [-0.3, -0.25) is 4.57 Å². The number of rotatable bonds is 6. The topological polar surface area (TPSA) is 99.0 Å². The zero-order valence-corrected chi connectivity index (χ0v) is 11.3. The maximum Gasteiger partial charge on any atom is 0.406 e. The number of hydrogen-bond donors (Lipinski definition) is 2. The average Bonchev–Trinajstić information content (AvgIpc) is 2.59. The first-order chi connectivity index (χ1) is 8.29. The van der Waals surface area contributed by atoms with Crippen molar-refractivity contribution in [2.75, 3.05) is 11.9 Å². The van der Waals surface area contributed by atoms with Gasteiger partial charge in [-0.25, -0.2) is 0 Å². The van der Waals surface area contributed by atoms with E-state index >= 15 is 0 Å². The zero-order chi connectivity index (χ0) is 13.9. The largest absolute Gasteiger partial charge is 0.406 e. The number of imidazole rings is 1. The fraction of sp³-hybridized carbons (Fsp3) is 0.727. The van der Waals surface area contributed by atoms with Crippen LogP contribution in [-0.2, 0) is 7.05 Å². The average molecular weight is 255 g/mol. The van der Waals surface area contributed by atoms with Gasteiger partial charge in [0.15, 0.2) is 0 Å². The van der Waals surface area contributed by atoms with Crippen LogP contribution in [0.4, 0.5) is 11.6 Å². The van der Waals surface area contributed by atoms with Gasteiger partial charge in [0.25, 0.3) is 0 Å². The molecule has 0 bridgehead atoms. The molecule has 18 heavy (non-hydrogen) atoms. The van der Waals surface area contributed by atoms with Crippen molar-refractivity contribution in [3.8, 4) is 0 Å². The van der Waals surface area contributed by atoms with Crippen LogP contribution in [0.5, 0.6) is 0 Å². The highest BCUT2D eigenvalue weighted by Crippen LogP contribution is 2.27. The van der Waals surface area contributed by atoms with Crippen LogP contribution in [0.2, 0.25) is 0 Å². The molecule has 1 rings (SSSR count). The van der Waals surface area contributed by atoms with Crippen molar-refractivity contribution >= 4 is 11.6 Å². The Balaban J connectivity index is 3.01. The Morgan fingerprint density at radius 2 is 2.28 bits per heavy atom. The van der Waals surface area contributed by atoms with Crippen molar-refractivity contribution in [2.45, 2.75) is 32.7 Å². The molecular formula is C11H21N5O2. The summed E-state index contributed by atoms with van der Waals surface area (Å²) in [6.45, 7) is 6.54. The number of aromatic nitrogens is 2. The number of nitrogens with two attached hydrogens (primary N) is 1. The first kappa shape index (κ1) is 14.4. The summed E-state index contributed by atoms with van der Waals surface area (Å²) in [7, 11) is 1.72. The van der Waals surface area contributed by atoms with Gasteiger partial charge >= 0.3 is 5.82 Å². The summed E-state index contributed by atoms with van der Waals surface area (Å²) in [4.78, 5) is 14.2. The molecule has 0 spiro atoms. The quantitative estimate of drug-likeness (QED) is 0.593. The van der Waals surface area contributed by atoms with Crippen LogP contribution in [0.3, 0.4) is 0 Å². The number of nitro groups is 1. The lowest BCUT2D eigenvalue weighted by molar-refractivity contribution is -0.388. The third kappa shape index (κ3) is 3.19. The van der Waals surface area contributed by atoms with Crippen LogP contribution < -0.4 is 11.1 Å². The maximum absolute atomic E-state index is 10.9. The van der Waals surface area contributed by atoms with Gasteiger partial charge in [0.2, 0.25) is 12.1 Å². The van der Waals surface area contributed by atoms with Gasteiger partial charge < -0.3 is 21.2 Å². The van der Waals surface area contributed by atoms with E-state index < -0.39 is 4.92 Å². The Kier molecular flexibility index (Phi) is 4.28. The van der Waals surface area contributed by atoms with E-state index in [1.165, 1.54) is 6.33 Å². The molecular weight excluding hydrogens is 234 g/mol. The molecule has 0 amide bonds. The molecule has 1 atom stereocenters. The Morgan fingerprint density at radius 1 is 1.67 bits per heavy atom. The number of aryl methyl sites for hydroxylation is 1. The summed E-state index contributed by atoms with van der Waals surface area (Å²) in [5, 5.41) is 14.1. The molecule has 0 radical (unpaired) electrons. The molecule has 0 fully saturated rings. The van der Waals surface area contributed by atoms with Crippen LogP contribution in [0.1, 0.15) is 27.2 Å². The first-order valence-electron chi connectivity index (χ1n) is 5.93. The molecule has 0 aliphatic rings. The molecule has 0 aliphatic heterocycles. The summed E-state index contributed by atoms with van der Waals surface area (Å²) in [5.41, 5.74) is 5.40. The molecule has 0 aliphatic carbocycles. The van der Waals surface area contributed by atoms with Crippen molar-refractivity contribution in [1.82, 2.24) is 9.55 Å². The third-order valence-corrected chi connectivity index (χ3v) is 2.82. The molecule has 0 saturated heterocycles. The standard InChI is InChI=1S/C11H21N5O2/c1-8(2)5-11(3,6-12)14-10-9(16(17)18)13-7-15(10)4/h7-8,14H,5-6,12H2,1-4H3. The van der Waals surface area contributed by atoms with E-state index in [9.17, 15) is 10.1 Å². The van der Waals surface area contributed by atoms with E-state index in [0.717, 1.165) is 6.42 Å². The zero-order valence-electron chi connectivity index (χ0n) is 11.3. The van der Waals surface area contributed by atoms with Gasteiger partial charge in [0.05, 0.1) is 0 Å². The monoisotopic (exact) mass is 255 g/mol. The molecule has 1 heterocycles.